The molecule has 2 N–H and O–H groups in total. The van der Waals surface area contributed by atoms with Crippen LogP contribution < -0.4 is 11.3 Å². The van der Waals surface area contributed by atoms with Crippen molar-refractivity contribution in [2.24, 2.45) is 5.73 Å². The van der Waals surface area contributed by atoms with E-state index in [0.29, 0.717) is 28.5 Å². The first-order valence-electron chi connectivity index (χ1n) is 9.14. The van der Waals surface area contributed by atoms with Crippen molar-refractivity contribution in [2.75, 3.05) is 12.4 Å². The molecule has 1 aliphatic rings. The Kier molecular flexibility index (Phi) is 5.52. The summed E-state index contributed by atoms with van der Waals surface area (Å²) in [7, 11) is 0. The van der Waals surface area contributed by atoms with E-state index in [1.54, 1.807) is 4.57 Å². The molecule has 1 atom stereocenters. The molecule has 1 fully saturated rings. The topological polar surface area (TPSA) is 87.2 Å². The van der Waals surface area contributed by atoms with Crippen LogP contribution in [0.15, 0.2) is 39.6 Å². The number of nitrogens with zero attached hydrogens (tertiary/aromatic N) is 2. The van der Waals surface area contributed by atoms with E-state index in [9.17, 15) is 9.59 Å². The summed E-state index contributed by atoms with van der Waals surface area (Å²) in [5.74, 6) is -0.353. The standard InChI is InChI=1S/C20H21N3O3S2/c1-12-4-6-13(7-5-12)15-10-27-18-17(15)19(25)23(9-14-3-2-8-26-14)20(22-18)28-11-16(21)24/h4-7,10,14H,2-3,8-9,11H2,1H3,(H2,21,24)/t14-/m1/s1. The molecule has 1 aliphatic heterocycles. The molecular formula is C20H21N3O3S2. The number of ether oxygens (including phenoxy) is 1. The van der Waals surface area contributed by atoms with Gasteiger partial charge in [0.15, 0.2) is 5.16 Å². The van der Waals surface area contributed by atoms with Crippen molar-refractivity contribution in [2.45, 2.75) is 37.6 Å². The number of aryl methyl sites for hydroxylation is 1. The average Bonchev–Trinajstić information content (AvgIpc) is 3.33. The van der Waals surface area contributed by atoms with Crippen LogP contribution in [-0.2, 0) is 16.1 Å². The number of carbonyl (C=O) groups is 1. The van der Waals surface area contributed by atoms with Gasteiger partial charge in [-0.2, -0.15) is 0 Å². The Hall–Kier alpha value is -2.16. The third kappa shape index (κ3) is 3.85. The highest BCUT2D eigenvalue weighted by molar-refractivity contribution is 7.99. The van der Waals surface area contributed by atoms with Crippen LogP contribution in [-0.4, -0.2) is 33.9 Å². The number of nitrogens with two attached hydrogens (primary N) is 1. The van der Waals surface area contributed by atoms with Gasteiger partial charge in [-0.15, -0.1) is 11.3 Å². The molecule has 0 spiro atoms. The molecule has 1 amide bonds. The number of carbonyl (C=O) groups excluding carboxylic acids is 1. The van der Waals surface area contributed by atoms with Crippen LogP contribution in [0.3, 0.4) is 0 Å². The zero-order valence-corrected chi connectivity index (χ0v) is 17.1. The van der Waals surface area contributed by atoms with Gasteiger partial charge in [-0.3, -0.25) is 14.2 Å². The van der Waals surface area contributed by atoms with E-state index in [1.807, 2.05) is 36.6 Å². The number of rotatable bonds is 6. The minimum absolute atomic E-state index is 0.00802. The Morgan fingerprint density at radius 1 is 1.39 bits per heavy atom. The van der Waals surface area contributed by atoms with Crippen molar-refractivity contribution in [1.82, 2.24) is 9.55 Å². The summed E-state index contributed by atoms with van der Waals surface area (Å²) in [4.78, 5) is 30.1. The van der Waals surface area contributed by atoms with Gasteiger partial charge >= 0.3 is 0 Å². The first kappa shape index (κ1) is 19.2. The fraction of sp³-hybridized carbons (Fsp3) is 0.350. The molecule has 8 heteroatoms. The zero-order valence-electron chi connectivity index (χ0n) is 15.5. The number of fused-ring (bicyclic) bond motifs is 1. The second-order valence-corrected chi connectivity index (χ2v) is 8.70. The lowest BCUT2D eigenvalue weighted by molar-refractivity contribution is -0.115. The van der Waals surface area contributed by atoms with Gasteiger partial charge in [0.25, 0.3) is 5.56 Å². The minimum atomic E-state index is -0.436. The van der Waals surface area contributed by atoms with Crippen molar-refractivity contribution in [3.63, 3.8) is 0 Å². The Morgan fingerprint density at radius 3 is 2.86 bits per heavy atom. The van der Waals surface area contributed by atoms with Crippen molar-refractivity contribution in [1.29, 1.82) is 0 Å². The summed E-state index contributed by atoms with van der Waals surface area (Å²) in [5.41, 5.74) is 8.27. The van der Waals surface area contributed by atoms with Crippen LogP contribution in [0.5, 0.6) is 0 Å². The summed E-state index contributed by atoms with van der Waals surface area (Å²) in [5, 5.41) is 3.11. The number of thiophene rings is 1. The van der Waals surface area contributed by atoms with Crippen LogP contribution in [0.4, 0.5) is 0 Å². The van der Waals surface area contributed by atoms with Crippen LogP contribution in [0.25, 0.3) is 21.3 Å². The molecule has 28 heavy (non-hydrogen) atoms. The largest absolute Gasteiger partial charge is 0.376 e. The van der Waals surface area contributed by atoms with Gasteiger partial charge in [0.2, 0.25) is 5.91 Å². The predicted octanol–water partition coefficient (Wildman–Crippen LogP) is 3.19. The Morgan fingerprint density at radius 2 is 2.18 bits per heavy atom. The summed E-state index contributed by atoms with van der Waals surface area (Å²) in [6.07, 6.45) is 1.90. The van der Waals surface area contributed by atoms with Crippen LogP contribution >= 0.6 is 23.1 Å². The van der Waals surface area contributed by atoms with Crippen molar-refractivity contribution >= 4 is 39.2 Å². The van der Waals surface area contributed by atoms with Crippen molar-refractivity contribution < 1.29 is 9.53 Å². The zero-order chi connectivity index (χ0) is 19.7. The van der Waals surface area contributed by atoms with E-state index in [2.05, 4.69) is 0 Å². The summed E-state index contributed by atoms with van der Waals surface area (Å²) < 4.78 is 7.38. The lowest BCUT2D eigenvalue weighted by Crippen LogP contribution is -2.29. The van der Waals surface area contributed by atoms with Gasteiger partial charge in [-0.1, -0.05) is 41.6 Å². The molecule has 1 saturated heterocycles. The van der Waals surface area contributed by atoms with E-state index in [1.165, 1.54) is 28.7 Å². The number of primary amides is 1. The van der Waals surface area contributed by atoms with E-state index in [4.69, 9.17) is 15.5 Å². The molecule has 0 saturated carbocycles. The normalized spacial score (nSPS) is 16.7. The molecule has 0 aliphatic carbocycles. The van der Waals surface area contributed by atoms with Crippen molar-refractivity contribution in [3.05, 3.63) is 45.6 Å². The highest BCUT2D eigenvalue weighted by Gasteiger charge is 2.22. The highest BCUT2D eigenvalue weighted by atomic mass is 32.2. The molecule has 0 unspecified atom stereocenters. The maximum atomic E-state index is 13.4. The Bertz CT molecular complexity index is 1070. The summed E-state index contributed by atoms with van der Waals surface area (Å²) in [6, 6.07) is 8.12. The molecular weight excluding hydrogens is 394 g/mol. The fourth-order valence-electron chi connectivity index (χ4n) is 3.35. The first-order chi connectivity index (χ1) is 13.5. The maximum Gasteiger partial charge on any atom is 0.263 e. The second-order valence-electron chi connectivity index (χ2n) is 6.90. The lowest BCUT2D eigenvalue weighted by Gasteiger charge is -2.15. The van der Waals surface area contributed by atoms with Gasteiger partial charge < -0.3 is 10.5 Å². The first-order valence-corrected chi connectivity index (χ1v) is 11.0. The summed E-state index contributed by atoms with van der Waals surface area (Å²) in [6.45, 7) is 3.19. The molecule has 6 nitrogen and oxygen atoms in total. The number of hydrogen-bond acceptors (Lipinski definition) is 6. The Labute approximate surface area is 170 Å². The average molecular weight is 416 g/mol. The SMILES string of the molecule is Cc1ccc(-c2csc3nc(SCC(N)=O)n(C[C@H]4CCCO4)c(=O)c23)cc1. The van der Waals surface area contributed by atoms with E-state index in [0.717, 1.165) is 24.0 Å². The molecule has 4 rings (SSSR count). The van der Waals surface area contributed by atoms with Crippen molar-refractivity contribution in [3.8, 4) is 11.1 Å². The van der Waals surface area contributed by atoms with Gasteiger partial charge in [0.1, 0.15) is 4.83 Å². The molecule has 3 heterocycles. The Balaban J connectivity index is 1.83. The quantitative estimate of drug-likeness (QED) is 0.493. The number of hydrogen-bond donors (Lipinski definition) is 1. The lowest BCUT2D eigenvalue weighted by atomic mass is 10.1. The smallest absolute Gasteiger partial charge is 0.263 e. The molecule has 3 aromatic rings. The molecule has 0 radical (unpaired) electrons. The van der Waals surface area contributed by atoms with Gasteiger partial charge in [0.05, 0.1) is 23.8 Å². The van der Waals surface area contributed by atoms with Gasteiger partial charge in [-0.05, 0) is 25.3 Å². The monoisotopic (exact) mass is 415 g/mol. The molecule has 1 aromatic carbocycles. The number of benzene rings is 1. The van der Waals surface area contributed by atoms with E-state index in [-0.39, 0.29) is 17.4 Å². The number of thioether (sulfide) groups is 1. The van der Waals surface area contributed by atoms with Crippen LogP contribution in [0, 0.1) is 6.92 Å². The second kappa shape index (κ2) is 8.06. The van der Waals surface area contributed by atoms with E-state index >= 15 is 0 Å². The minimum Gasteiger partial charge on any atom is -0.376 e. The van der Waals surface area contributed by atoms with Gasteiger partial charge in [-0.25, -0.2) is 4.98 Å². The van der Waals surface area contributed by atoms with Crippen LogP contribution in [0.2, 0.25) is 0 Å². The molecule has 0 bridgehead atoms. The maximum absolute atomic E-state index is 13.4. The summed E-state index contributed by atoms with van der Waals surface area (Å²) >= 11 is 2.64. The third-order valence-corrected chi connectivity index (χ3v) is 6.65. The highest BCUT2D eigenvalue weighted by Crippen LogP contribution is 2.32. The predicted molar refractivity (Wildman–Crippen MR) is 113 cm³/mol. The number of aromatic nitrogens is 2. The van der Waals surface area contributed by atoms with Gasteiger partial charge in [0, 0.05) is 17.6 Å². The van der Waals surface area contributed by atoms with Crippen LogP contribution in [0.1, 0.15) is 18.4 Å². The number of amides is 1. The molecule has 146 valence electrons. The van der Waals surface area contributed by atoms with E-state index < -0.39 is 5.91 Å². The fourth-order valence-corrected chi connectivity index (χ4v) is 5.09. The molecule has 2 aromatic heterocycles. The third-order valence-electron chi connectivity index (χ3n) is 4.78.